The summed E-state index contributed by atoms with van der Waals surface area (Å²) in [5.41, 5.74) is 1.50. The van der Waals surface area contributed by atoms with E-state index in [1.807, 2.05) is 0 Å². The first-order valence-electron chi connectivity index (χ1n) is 11.2. The molecule has 8 heteroatoms. The molecule has 2 saturated carbocycles. The maximum absolute atomic E-state index is 14.0. The molecule has 0 unspecified atom stereocenters. The Morgan fingerprint density at radius 3 is 2.58 bits per heavy atom. The highest BCUT2D eigenvalue weighted by Gasteiger charge is 2.55. The monoisotopic (exact) mass is 451 g/mol. The zero-order valence-electron chi connectivity index (χ0n) is 17.9. The van der Waals surface area contributed by atoms with Crippen molar-refractivity contribution in [3.05, 3.63) is 65.7 Å². The minimum absolute atomic E-state index is 0.0126. The summed E-state index contributed by atoms with van der Waals surface area (Å²) in [4.78, 5) is 14.8. The predicted octanol–water partition coefficient (Wildman–Crippen LogP) is 4.58. The molecule has 1 aromatic heterocycles. The first-order valence-corrected chi connectivity index (χ1v) is 11.2. The van der Waals surface area contributed by atoms with Gasteiger partial charge in [-0.15, -0.1) is 5.10 Å². The van der Waals surface area contributed by atoms with E-state index in [0.717, 1.165) is 25.7 Å². The molecule has 0 bridgehead atoms. The van der Waals surface area contributed by atoms with Crippen LogP contribution in [0.15, 0.2) is 48.5 Å². The van der Waals surface area contributed by atoms with Gasteiger partial charge in [0.1, 0.15) is 23.5 Å². The molecular weight excluding hydrogens is 428 g/mol. The maximum Gasteiger partial charge on any atom is 0.257 e. The zero-order chi connectivity index (χ0) is 22.6. The van der Waals surface area contributed by atoms with E-state index >= 15 is 0 Å². The lowest BCUT2D eigenvalue weighted by atomic mass is 9.61. The van der Waals surface area contributed by atoms with Gasteiger partial charge in [-0.05, 0) is 49.9 Å². The fraction of sp³-hybridized carbons (Fsp3) is 0.360. The second kappa shape index (κ2) is 7.57. The molecule has 0 atom stereocenters. The molecule has 1 saturated heterocycles. The number of amides is 1. The second-order valence-corrected chi connectivity index (χ2v) is 9.37. The predicted molar refractivity (Wildman–Crippen MR) is 116 cm³/mol. The molecule has 2 aliphatic carbocycles. The van der Waals surface area contributed by atoms with E-state index in [1.165, 1.54) is 24.3 Å². The smallest absolute Gasteiger partial charge is 0.257 e. The van der Waals surface area contributed by atoms with Gasteiger partial charge in [0.2, 0.25) is 5.88 Å². The average Bonchev–Trinajstić information content (AvgIpc) is 3.43. The molecule has 1 amide bonds. The van der Waals surface area contributed by atoms with Crippen molar-refractivity contribution >= 4 is 5.91 Å². The number of H-pyrrole nitrogens is 1. The Morgan fingerprint density at radius 2 is 1.82 bits per heavy atom. The number of benzene rings is 2. The van der Waals surface area contributed by atoms with Gasteiger partial charge in [0.05, 0.1) is 17.4 Å². The molecule has 3 aromatic rings. The van der Waals surface area contributed by atoms with Crippen LogP contribution in [0.1, 0.15) is 36.0 Å². The third-order valence-electron chi connectivity index (χ3n) is 6.66. The van der Waals surface area contributed by atoms with E-state index in [0.29, 0.717) is 41.5 Å². The van der Waals surface area contributed by atoms with Crippen LogP contribution in [0, 0.1) is 17.0 Å². The lowest BCUT2D eigenvalue weighted by molar-refractivity contribution is -0.104. The molecular formula is C25H23F2N3O3. The highest BCUT2D eigenvalue weighted by atomic mass is 19.1. The van der Waals surface area contributed by atoms with Crippen molar-refractivity contribution in [3.8, 4) is 22.9 Å². The van der Waals surface area contributed by atoms with Crippen molar-refractivity contribution in [1.29, 1.82) is 0 Å². The maximum atomic E-state index is 14.0. The number of nitrogens with zero attached hydrogens (tertiary/aromatic N) is 2. The van der Waals surface area contributed by atoms with Gasteiger partial charge in [-0.3, -0.25) is 9.89 Å². The average molecular weight is 451 g/mol. The first-order chi connectivity index (χ1) is 16.0. The second-order valence-electron chi connectivity index (χ2n) is 9.37. The number of aromatic nitrogens is 2. The van der Waals surface area contributed by atoms with Gasteiger partial charge >= 0.3 is 0 Å². The van der Waals surface area contributed by atoms with E-state index < -0.39 is 5.82 Å². The number of aromatic amines is 1. The molecule has 3 aliphatic rings. The van der Waals surface area contributed by atoms with E-state index in [2.05, 4.69) is 10.2 Å². The Balaban J connectivity index is 1.04. The highest BCUT2D eigenvalue weighted by Crippen LogP contribution is 2.50. The summed E-state index contributed by atoms with van der Waals surface area (Å²) in [6.07, 6.45) is 3.64. The van der Waals surface area contributed by atoms with Crippen molar-refractivity contribution in [2.75, 3.05) is 13.1 Å². The molecule has 2 heterocycles. The molecule has 170 valence electrons. The van der Waals surface area contributed by atoms with Crippen molar-refractivity contribution in [2.45, 2.75) is 37.9 Å². The van der Waals surface area contributed by atoms with Crippen LogP contribution in [-0.4, -0.2) is 46.3 Å². The van der Waals surface area contributed by atoms with Gasteiger partial charge in [-0.2, -0.15) is 0 Å². The molecule has 1 spiro atoms. The largest absolute Gasteiger partial charge is 0.489 e. The van der Waals surface area contributed by atoms with Crippen LogP contribution in [-0.2, 0) is 0 Å². The molecule has 6 rings (SSSR count). The fourth-order valence-corrected chi connectivity index (χ4v) is 4.81. The number of likely N-dealkylation sites (tertiary alicyclic amines) is 1. The summed E-state index contributed by atoms with van der Waals surface area (Å²) in [6.45, 7) is 1.29. The summed E-state index contributed by atoms with van der Waals surface area (Å²) in [6, 6.07) is 12.3. The first kappa shape index (κ1) is 20.2. The molecule has 0 radical (unpaired) electrons. The van der Waals surface area contributed by atoms with Crippen LogP contribution in [0.5, 0.6) is 11.6 Å². The summed E-state index contributed by atoms with van der Waals surface area (Å²) >= 11 is 0. The molecule has 6 nitrogen and oxygen atoms in total. The summed E-state index contributed by atoms with van der Waals surface area (Å²) < 4.78 is 39.3. The summed E-state index contributed by atoms with van der Waals surface area (Å²) in [7, 11) is 0. The van der Waals surface area contributed by atoms with Gasteiger partial charge in [0, 0.05) is 36.2 Å². The lowest BCUT2D eigenvalue weighted by Gasteiger charge is -2.58. The van der Waals surface area contributed by atoms with Gasteiger partial charge < -0.3 is 14.4 Å². The van der Waals surface area contributed by atoms with Crippen LogP contribution < -0.4 is 9.47 Å². The van der Waals surface area contributed by atoms with Crippen LogP contribution in [0.25, 0.3) is 11.3 Å². The van der Waals surface area contributed by atoms with E-state index in [4.69, 9.17) is 9.47 Å². The van der Waals surface area contributed by atoms with Crippen molar-refractivity contribution in [3.63, 3.8) is 0 Å². The molecule has 1 aliphatic heterocycles. The standard InChI is InChI=1S/C25H23F2N3O3/c26-15-5-8-19(22(9-15)32-16-6-7-16)24(31)30-13-25(14-30)11-17(12-25)33-23-10-21(28-29-23)18-3-1-2-4-20(18)27/h1-5,8-10,16-17H,6-7,11-14H2,(H,28,29). The number of hydrogen-bond donors (Lipinski definition) is 1. The van der Waals surface area contributed by atoms with E-state index in [9.17, 15) is 13.6 Å². The Bertz CT molecular complexity index is 1210. The summed E-state index contributed by atoms with van der Waals surface area (Å²) in [5, 5.41) is 6.98. The number of carbonyl (C=O) groups excluding carboxylic acids is 1. The van der Waals surface area contributed by atoms with E-state index in [1.54, 1.807) is 29.2 Å². The van der Waals surface area contributed by atoms with Crippen molar-refractivity contribution < 1.29 is 23.0 Å². The van der Waals surface area contributed by atoms with Gasteiger partial charge in [-0.25, -0.2) is 8.78 Å². The SMILES string of the molecule is O=C(c1ccc(F)cc1OC1CC1)N1CC2(CC(Oc3cc(-c4ccccc4F)[nH]n3)C2)C1. The molecule has 33 heavy (non-hydrogen) atoms. The van der Waals surface area contributed by atoms with E-state index in [-0.39, 0.29) is 29.3 Å². The van der Waals surface area contributed by atoms with Crippen LogP contribution in [0.3, 0.4) is 0 Å². The zero-order valence-corrected chi connectivity index (χ0v) is 17.9. The van der Waals surface area contributed by atoms with Crippen LogP contribution in [0.4, 0.5) is 8.78 Å². The van der Waals surface area contributed by atoms with Crippen molar-refractivity contribution in [1.82, 2.24) is 15.1 Å². The highest BCUT2D eigenvalue weighted by molar-refractivity contribution is 5.97. The van der Waals surface area contributed by atoms with Gasteiger partial charge in [0.15, 0.2) is 0 Å². The third kappa shape index (κ3) is 3.83. The molecule has 2 aromatic carbocycles. The van der Waals surface area contributed by atoms with Gasteiger partial charge in [0.25, 0.3) is 5.91 Å². The number of ether oxygens (including phenoxy) is 2. The normalized spacial score (nSPS) is 19.2. The number of hydrogen-bond acceptors (Lipinski definition) is 4. The quantitative estimate of drug-likeness (QED) is 0.596. The number of carbonyl (C=O) groups is 1. The number of nitrogens with one attached hydrogen (secondary N) is 1. The number of rotatable bonds is 6. The Morgan fingerprint density at radius 1 is 1.03 bits per heavy atom. The number of halogens is 2. The Kier molecular flexibility index (Phi) is 4.64. The summed E-state index contributed by atoms with van der Waals surface area (Å²) in [5.74, 6) is -0.0716. The fourth-order valence-electron chi connectivity index (χ4n) is 4.81. The van der Waals surface area contributed by atoms with Crippen molar-refractivity contribution in [2.24, 2.45) is 5.41 Å². The minimum Gasteiger partial charge on any atom is -0.489 e. The molecule has 1 N–H and O–H groups in total. The minimum atomic E-state index is -0.405. The lowest BCUT2D eigenvalue weighted by Crippen LogP contribution is -2.65. The topological polar surface area (TPSA) is 67.4 Å². The Hall–Kier alpha value is -3.42. The van der Waals surface area contributed by atoms with Crippen LogP contribution in [0.2, 0.25) is 0 Å². The van der Waals surface area contributed by atoms with Gasteiger partial charge in [-0.1, -0.05) is 12.1 Å². The van der Waals surface area contributed by atoms with Crippen LogP contribution >= 0.6 is 0 Å². The molecule has 3 fully saturated rings. The third-order valence-corrected chi connectivity index (χ3v) is 6.66. The Labute approximate surface area is 189 Å².